The molecule has 0 saturated heterocycles. The lowest BCUT2D eigenvalue weighted by Gasteiger charge is -2.20. The molecule has 1 aromatic carbocycles. The Hall–Kier alpha value is -2.04. The summed E-state index contributed by atoms with van der Waals surface area (Å²) in [6.45, 7) is 0.468. The first kappa shape index (κ1) is 16.8. The lowest BCUT2D eigenvalue weighted by Crippen LogP contribution is -2.20. The van der Waals surface area contributed by atoms with Crippen LogP contribution in [0.4, 0.5) is 0 Å². The fourth-order valence-electron chi connectivity index (χ4n) is 3.39. The largest absolute Gasteiger partial charge is 0.462 e. The van der Waals surface area contributed by atoms with Gasteiger partial charge < -0.3 is 9.15 Å². The van der Waals surface area contributed by atoms with Gasteiger partial charge in [0.25, 0.3) is 0 Å². The smallest absolute Gasteiger partial charge is 0.419 e. The van der Waals surface area contributed by atoms with E-state index in [0.29, 0.717) is 25.0 Å². The normalized spacial score (nSPS) is 16.7. The maximum absolute atomic E-state index is 12.1. The topological polar surface area (TPSA) is 61.4 Å². The van der Waals surface area contributed by atoms with E-state index in [0.717, 1.165) is 31.2 Å². The van der Waals surface area contributed by atoms with Crippen molar-refractivity contribution < 1.29 is 13.9 Å². The fraction of sp³-hybridized carbons (Fsp3) is 0.579. The van der Waals surface area contributed by atoms with E-state index in [-0.39, 0.29) is 17.8 Å². The Kier molecular flexibility index (Phi) is 5.72. The number of ether oxygens (including phenoxy) is 1. The Morgan fingerprint density at radius 1 is 1.12 bits per heavy atom. The zero-order valence-electron chi connectivity index (χ0n) is 14.0. The van der Waals surface area contributed by atoms with Gasteiger partial charge in [0.15, 0.2) is 5.58 Å². The van der Waals surface area contributed by atoms with E-state index >= 15 is 0 Å². The number of benzene rings is 1. The summed E-state index contributed by atoms with van der Waals surface area (Å²) in [5, 5.41) is 0. The molecule has 5 heteroatoms. The summed E-state index contributed by atoms with van der Waals surface area (Å²) in [7, 11) is 0. The van der Waals surface area contributed by atoms with Crippen LogP contribution in [0.25, 0.3) is 11.1 Å². The van der Waals surface area contributed by atoms with Crippen LogP contribution in [0.1, 0.15) is 57.8 Å². The van der Waals surface area contributed by atoms with Crippen molar-refractivity contribution >= 4 is 17.1 Å². The number of hydrogen-bond acceptors (Lipinski definition) is 4. The zero-order chi connectivity index (χ0) is 16.8. The predicted molar refractivity (Wildman–Crippen MR) is 91.9 cm³/mol. The molecular formula is C19H25NO4. The summed E-state index contributed by atoms with van der Waals surface area (Å²) in [6, 6.07) is 7.34. The van der Waals surface area contributed by atoms with Gasteiger partial charge in [-0.1, -0.05) is 31.4 Å². The molecule has 130 valence electrons. The van der Waals surface area contributed by atoms with E-state index in [1.54, 1.807) is 10.6 Å². The summed E-state index contributed by atoms with van der Waals surface area (Å²) in [4.78, 5) is 23.9. The molecule has 0 amide bonds. The number of carbonyl (C=O) groups excluding carboxylic acids is 1. The van der Waals surface area contributed by atoms with Gasteiger partial charge in [0.1, 0.15) is 6.10 Å². The molecule has 1 aliphatic rings. The summed E-state index contributed by atoms with van der Waals surface area (Å²) < 4.78 is 12.4. The predicted octanol–water partition coefficient (Wildman–Crippen LogP) is 4.03. The molecule has 1 saturated carbocycles. The SMILES string of the molecule is O=C(CCCn1c(=O)oc2ccccc21)OC1CCCCCCC1. The number of aromatic nitrogens is 1. The molecule has 1 aromatic heterocycles. The van der Waals surface area contributed by atoms with Crippen LogP contribution in [0.5, 0.6) is 0 Å². The van der Waals surface area contributed by atoms with Crippen LogP contribution in [0.3, 0.4) is 0 Å². The number of hydrogen-bond donors (Lipinski definition) is 0. The van der Waals surface area contributed by atoms with Gasteiger partial charge in [0.2, 0.25) is 0 Å². The van der Waals surface area contributed by atoms with Gasteiger partial charge in [-0.15, -0.1) is 0 Å². The molecule has 3 rings (SSSR count). The molecule has 0 atom stereocenters. The van der Waals surface area contributed by atoms with E-state index in [1.807, 2.05) is 18.2 Å². The lowest BCUT2D eigenvalue weighted by molar-refractivity contribution is -0.150. The Bertz CT molecular complexity index is 722. The first-order valence-corrected chi connectivity index (χ1v) is 9.02. The highest BCUT2D eigenvalue weighted by Crippen LogP contribution is 2.20. The van der Waals surface area contributed by atoms with Crippen molar-refractivity contribution in [2.24, 2.45) is 0 Å². The first-order chi connectivity index (χ1) is 11.7. The Balaban J connectivity index is 1.49. The second-order valence-corrected chi connectivity index (χ2v) is 6.55. The number of para-hydroxylation sites is 2. The second kappa shape index (κ2) is 8.18. The van der Waals surface area contributed by atoms with Crippen LogP contribution in [0, 0.1) is 0 Å². The fourth-order valence-corrected chi connectivity index (χ4v) is 3.39. The number of aryl methyl sites for hydroxylation is 1. The molecule has 0 radical (unpaired) electrons. The van der Waals surface area contributed by atoms with Gasteiger partial charge in [-0.25, -0.2) is 4.79 Å². The average molecular weight is 331 g/mol. The second-order valence-electron chi connectivity index (χ2n) is 6.55. The van der Waals surface area contributed by atoms with Crippen LogP contribution in [0.15, 0.2) is 33.5 Å². The van der Waals surface area contributed by atoms with E-state index < -0.39 is 0 Å². The minimum Gasteiger partial charge on any atom is -0.462 e. The summed E-state index contributed by atoms with van der Waals surface area (Å²) in [5.41, 5.74) is 1.36. The zero-order valence-corrected chi connectivity index (χ0v) is 14.0. The molecule has 24 heavy (non-hydrogen) atoms. The number of oxazole rings is 1. The standard InChI is InChI=1S/C19H25NO4/c21-18(23-15-9-4-2-1-3-5-10-15)13-8-14-20-16-11-6-7-12-17(16)24-19(20)22/h6-7,11-12,15H,1-5,8-10,13-14H2. The van der Waals surface area contributed by atoms with Crippen molar-refractivity contribution in [2.75, 3.05) is 0 Å². The van der Waals surface area contributed by atoms with Crippen molar-refractivity contribution in [3.8, 4) is 0 Å². The molecule has 0 unspecified atom stereocenters. The van der Waals surface area contributed by atoms with Crippen molar-refractivity contribution in [3.63, 3.8) is 0 Å². The maximum atomic E-state index is 12.1. The third-order valence-electron chi connectivity index (χ3n) is 4.69. The van der Waals surface area contributed by atoms with Gasteiger partial charge >= 0.3 is 11.7 Å². The number of carbonyl (C=O) groups is 1. The van der Waals surface area contributed by atoms with Crippen LogP contribution in [-0.4, -0.2) is 16.6 Å². The van der Waals surface area contributed by atoms with Crippen molar-refractivity contribution in [1.29, 1.82) is 0 Å². The third-order valence-corrected chi connectivity index (χ3v) is 4.69. The van der Waals surface area contributed by atoms with E-state index in [9.17, 15) is 9.59 Å². The van der Waals surface area contributed by atoms with E-state index in [4.69, 9.17) is 9.15 Å². The molecule has 1 heterocycles. The molecule has 0 spiro atoms. The van der Waals surface area contributed by atoms with Gasteiger partial charge in [0.05, 0.1) is 5.52 Å². The molecule has 0 N–H and O–H groups in total. The maximum Gasteiger partial charge on any atom is 0.419 e. The average Bonchev–Trinajstić information content (AvgIpc) is 2.86. The third kappa shape index (κ3) is 4.28. The van der Waals surface area contributed by atoms with Gasteiger partial charge in [-0.3, -0.25) is 9.36 Å². The minimum absolute atomic E-state index is 0.0790. The quantitative estimate of drug-likeness (QED) is 0.776. The van der Waals surface area contributed by atoms with Crippen molar-refractivity contribution in [3.05, 3.63) is 34.8 Å². The molecule has 1 fully saturated rings. The number of rotatable bonds is 5. The molecule has 1 aliphatic carbocycles. The highest BCUT2D eigenvalue weighted by Gasteiger charge is 2.16. The van der Waals surface area contributed by atoms with Crippen LogP contribution < -0.4 is 5.76 Å². The Morgan fingerprint density at radius 3 is 2.62 bits per heavy atom. The lowest BCUT2D eigenvalue weighted by atomic mass is 9.98. The van der Waals surface area contributed by atoms with Crippen LogP contribution >= 0.6 is 0 Å². The van der Waals surface area contributed by atoms with E-state index in [1.165, 1.54) is 19.3 Å². The first-order valence-electron chi connectivity index (χ1n) is 9.02. The van der Waals surface area contributed by atoms with E-state index in [2.05, 4.69) is 0 Å². The van der Waals surface area contributed by atoms with Gasteiger partial charge in [0, 0.05) is 13.0 Å². The molecular weight excluding hydrogens is 306 g/mol. The van der Waals surface area contributed by atoms with Crippen molar-refractivity contribution in [2.45, 2.75) is 70.4 Å². The van der Waals surface area contributed by atoms with Crippen LogP contribution in [0.2, 0.25) is 0 Å². The molecule has 5 nitrogen and oxygen atoms in total. The Labute approximate surface area is 141 Å². The number of esters is 1. The molecule has 0 aliphatic heterocycles. The highest BCUT2D eigenvalue weighted by atomic mass is 16.5. The highest BCUT2D eigenvalue weighted by molar-refractivity contribution is 5.72. The minimum atomic E-state index is -0.371. The van der Waals surface area contributed by atoms with Gasteiger partial charge in [-0.05, 0) is 44.2 Å². The monoisotopic (exact) mass is 331 g/mol. The van der Waals surface area contributed by atoms with Crippen molar-refractivity contribution in [1.82, 2.24) is 4.57 Å². The Morgan fingerprint density at radius 2 is 1.83 bits per heavy atom. The summed E-state index contributed by atoms with van der Waals surface area (Å²) >= 11 is 0. The van der Waals surface area contributed by atoms with Gasteiger partial charge in [-0.2, -0.15) is 0 Å². The summed E-state index contributed by atoms with van der Waals surface area (Å²) in [5.74, 6) is -0.522. The molecule has 0 bridgehead atoms. The molecule has 2 aromatic rings. The van der Waals surface area contributed by atoms with Crippen LogP contribution in [-0.2, 0) is 16.1 Å². The number of fused-ring (bicyclic) bond motifs is 1. The summed E-state index contributed by atoms with van der Waals surface area (Å²) in [6.07, 6.45) is 9.04. The number of nitrogens with zero attached hydrogens (tertiary/aromatic N) is 1.